The van der Waals surface area contributed by atoms with Crippen LogP contribution in [-0.4, -0.2) is 20.9 Å². The number of hydrogen-bond donors (Lipinski definition) is 2. The van der Waals surface area contributed by atoms with E-state index in [0.29, 0.717) is 11.4 Å². The molecule has 168 valence electrons. The molecule has 0 unspecified atom stereocenters. The summed E-state index contributed by atoms with van der Waals surface area (Å²) in [6.07, 6.45) is 0. The first kappa shape index (κ1) is 23.3. The minimum atomic E-state index is -3.76. The van der Waals surface area contributed by atoms with Gasteiger partial charge in [-0.05, 0) is 79.9 Å². The Hall–Kier alpha value is -3.39. The molecule has 3 aromatic rings. The SMILES string of the molecule is Cc1ccc(C)c(NS(=O)(=O)c2ccc(OCC(=O)N[C@@H](C)c3ccc(F)cc3)cc2)c1. The summed E-state index contributed by atoms with van der Waals surface area (Å²) >= 11 is 0. The van der Waals surface area contributed by atoms with Gasteiger partial charge in [-0.15, -0.1) is 0 Å². The Kier molecular flexibility index (Phi) is 7.15. The molecule has 3 rings (SSSR count). The molecule has 1 amide bonds. The molecule has 0 saturated heterocycles. The third-order valence-corrected chi connectivity index (χ3v) is 6.27. The number of aryl methyl sites for hydroxylation is 2. The van der Waals surface area contributed by atoms with E-state index in [4.69, 9.17) is 4.74 Å². The van der Waals surface area contributed by atoms with Gasteiger partial charge in [-0.2, -0.15) is 0 Å². The highest BCUT2D eigenvalue weighted by Crippen LogP contribution is 2.22. The molecule has 3 aromatic carbocycles. The van der Waals surface area contributed by atoms with E-state index in [9.17, 15) is 17.6 Å². The number of carbonyl (C=O) groups excluding carboxylic acids is 1. The summed E-state index contributed by atoms with van der Waals surface area (Å²) in [6, 6.07) is 16.9. The number of benzene rings is 3. The van der Waals surface area contributed by atoms with Crippen LogP contribution in [0.1, 0.15) is 29.7 Å². The Labute approximate surface area is 187 Å². The van der Waals surface area contributed by atoms with Gasteiger partial charge in [0.25, 0.3) is 15.9 Å². The smallest absolute Gasteiger partial charge is 0.261 e. The van der Waals surface area contributed by atoms with E-state index in [1.807, 2.05) is 26.0 Å². The molecule has 6 nitrogen and oxygen atoms in total. The predicted molar refractivity (Wildman–Crippen MR) is 122 cm³/mol. The van der Waals surface area contributed by atoms with Gasteiger partial charge in [-0.3, -0.25) is 9.52 Å². The molecule has 0 aliphatic carbocycles. The van der Waals surface area contributed by atoms with Gasteiger partial charge in [0, 0.05) is 0 Å². The lowest BCUT2D eigenvalue weighted by Crippen LogP contribution is -2.31. The number of sulfonamides is 1. The molecule has 0 fully saturated rings. The molecule has 32 heavy (non-hydrogen) atoms. The van der Waals surface area contributed by atoms with Crippen molar-refractivity contribution in [1.82, 2.24) is 5.32 Å². The molecular formula is C24H25FN2O4S. The Morgan fingerprint density at radius 2 is 1.66 bits per heavy atom. The van der Waals surface area contributed by atoms with Gasteiger partial charge in [0.2, 0.25) is 0 Å². The van der Waals surface area contributed by atoms with Crippen LogP contribution in [0.2, 0.25) is 0 Å². The lowest BCUT2D eigenvalue weighted by atomic mass is 10.1. The van der Waals surface area contributed by atoms with E-state index >= 15 is 0 Å². The summed E-state index contributed by atoms with van der Waals surface area (Å²) in [5, 5.41) is 2.77. The van der Waals surface area contributed by atoms with Crippen molar-refractivity contribution >= 4 is 21.6 Å². The molecule has 2 N–H and O–H groups in total. The van der Waals surface area contributed by atoms with Crippen LogP contribution in [0.15, 0.2) is 71.6 Å². The highest BCUT2D eigenvalue weighted by atomic mass is 32.2. The van der Waals surface area contributed by atoms with Gasteiger partial charge in [0.05, 0.1) is 16.6 Å². The summed E-state index contributed by atoms with van der Waals surface area (Å²) in [6.45, 7) is 5.27. The third-order valence-electron chi connectivity index (χ3n) is 4.89. The minimum absolute atomic E-state index is 0.0835. The summed E-state index contributed by atoms with van der Waals surface area (Å²) in [5.74, 6) is -0.333. The van der Waals surface area contributed by atoms with Crippen LogP contribution < -0.4 is 14.8 Å². The van der Waals surface area contributed by atoms with Crippen LogP contribution in [0.3, 0.4) is 0 Å². The number of nitrogens with one attached hydrogen (secondary N) is 2. The molecule has 0 saturated carbocycles. The topological polar surface area (TPSA) is 84.5 Å². The fourth-order valence-corrected chi connectivity index (χ4v) is 4.15. The van der Waals surface area contributed by atoms with Gasteiger partial charge in [0.15, 0.2) is 6.61 Å². The maximum absolute atomic E-state index is 13.0. The van der Waals surface area contributed by atoms with E-state index in [1.165, 1.54) is 36.4 Å². The maximum atomic E-state index is 13.0. The lowest BCUT2D eigenvalue weighted by Gasteiger charge is -2.15. The number of rotatable bonds is 8. The highest BCUT2D eigenvalue weighted by Gasteiger charge is 2.16. The fraction of sp³-hybridized carbons (Fsp3) is 0.208. The molecule has 8 heteroatoms. The van der Waals surface area contributed by atoms with Crippen LogP contribution >= 0.6 is 0 Å². The molecule has 0 aliphatic rings. The van der Waals surface area contributed by atoms with E-state index in [-0.39, 0.29) is 29.3 Å². The van der Waals surface area contributed by atoms with E-state index in [2.05, 4.69) is 10.0 Å². The third kappa shape index (κ3) is 6.07. The van der Waals surface area contributed by atoms with Crippen molar-refractivity contribution in [1.29, 1.82) is 0 Å². The fourth-order valence-electron chi connectivity index (χ4n) is 3.03. The van der Waals surface area contributed by atoms with Crippen LogP contribution in [0.25, 0.3) is 0 Å². The maximum Gasteiger partial charge on any atom is 0.261 e. The Morgan fingerprint density at radius 3 is 2.31 bits per heavy atom. The largest absolute Gasteiger partial charge is 0.484 e. The first-order chi connectivity index (χ1) is 15.1. The van der Waals surface area contributed by atoms with Crippen molar-refractivity contribution < 1.29 is 22.3 Å². The molecule has 0 aromatic heterocycles. The number of anilines is 1. The molecule has 0 bridgehead atoms. The summed E-state index contributed by atoms with van der Waals surface area (Å²) < 4.78 is 46.4. The van der Waals surface area contributed by atoms with Crippen LogP contribution in [0.5, 0.6) is 5.75 Å². The van der Waals surface area contributed by atoms with Crippen molar-refractivity contribution in [2.45, 2.75) is 31.7 Å². The number of hydrogen-bond acceptors (Lipinski definition) is 4. The molecule has 0 aliphatic heterocycles. The van der Waals surface area contributed by atoms with Gasteiger partial charge in [-0.25, -0.2) is 12.8 Å². The van der Waals surface area contributed by atoms with Gasteiger partial charge < -0.3 is 10.1 Å². The van der Waals surface area contributed by atoms with Crippen LogP contribution in [0, 0.1) is 19.7 Å². The number of carbonyl (C=O) groups is 1. The minimum Gasteiger partial charge on any atom is -0.484 e. The van der Waals surface area contributed by atoms with Crippen LogP contribution in [-0.2, 0) is 14.8 Å². The highest BCUT2D eigenvalue weighted by molar-refractivity contribution is 7.92. The monoisotopic (exact) mass is 456 g/mol. The molecule has 0 heterocycles. The first-order valence-electron chi connectivity index (χ1n) is 10.0. The van der Waals surface area contributed by atoms with Crippen molar-refractivity contribution in [2.75, 3.05) is 11.3 Å². The molecular weight excluding hydrogens is 431 g/mol. The number of ether oxygens (including phenoxy) is 1. The first-order valence-corrected chi connectivity index (χ1v) is 11.5. The predicted octanol–water partition coefficient (Wildman–Crippen LogP) is 4.50. The second-order valence-corrected chi connectivity index (χ2v) is 9.21. The zero-order chi connectivity index (χ0) is 23.3. The van der Waals surface area contributed by atoms with E-state index in [1.54, 1.807) is 25.1 Å². The Bertz CT molecular complexity index is 1190. The van der Waals surface area contributed by atoms with E-state index in [0.717, 1.165) is 16.7 Å². The van der Waals surface area contributed by atoms with Gasteiger partial charge in [-0.1, -0.05) is 24.3 Å². The standard InChI is InChI=1S/C24H25FN2O4S/c1-16-4-5-17(2)23(14-16)27-32(29,30)22-12-10-21(11-13-22)31-15-24(28)26-18(3)19-6-8-20(25)9-7-19/h4-14,18,27H,15H2,1-3H3,(H,26,28)/t18-/m0/s1. The Balaban J connectivity index is 1.57. The number of halogens is 1. The Morgan fingerprint density at radius 1 is 1.00 bits per heavy atom. The van der Waals surface area contributed by atoms with E-state index < -0.39 is 10.0 Å². The normalized spacial score (nSPS) is 12.1. The van der Waals surface area contributed by atoms with Crippen molar-refractivity contribution in [3.8, 4) is 5.75 Å². The average Bonchev–Trinajstić information content (AvgIpc) is 2.75. The van der Waals surface area contributed by atoms with Gasteiger partial charge >= 0.3 is 0 Å². The molecule has 0 spiro atoms. The quantitative estimate of drug-likeness (QED) is 0.523. The lowest BCUT2D eigenvalue weighted by molar-refractivity contribution is -0.123. The molecule has 0 radical (unpaired) electrons. The van der Waals surface area contributed by atoms with Crippen molar-refractivity contribution in [3.05, 3.63) is 89.2 Å². The van der Waals surface area contributed by atoms with Gasteiger partial charge in [0.1, 0.15) is 11.6 Å². The summed E-state index contributed by atoms with van der Waals surface area (Å²) in [4.78, 5) is 12.2. The second-order valence-electron chi connectivity index (χ2n) is 7.52. The van der Waals surface area contributed by atoms with Crippen molar-refractivity contribution in [2.24, 2.45) is 0 Å². The second kappa shape index (κ2) is 9.82. The zero-order valence-corrected chi connectivity index (χ0v) is 18.9. The summed E-state index contributed by atoms with van der Waals surface area (Å²) in [5.41, 5.74) is 3.06. The van der Waals surface area contributed by atoms with Crippen molar-refractivity contribution in [3.63, 3.8) is 0 Å². The average molecular weight is 457 g/mol. The summed E-state index contributed by atoms with van der Waals surface area (Å²) in [7, 11) is -3.76. The van der Waals surface area contributed by atoms with Crippen LogP contribution in [0.4, 0.5) is 10.1 Å². The zero-order valence-electron chi connectivity index (χ0n) is 18.1. The molecule has 1 atom stereocenters. The number of amides is 1.